The molecule has 1 atom stereocenters. The lowest BCUT2D eigenvalue weighted by atomic mass is 10.1. The normalized spacial score (nSPS) is 16.3. The number of carbonyl (C=O) groups excluding carboxylic acids is 2. The van der Waals surface area contributed by atoms with Gasteiger partial charge in [-0.25, -0.2) is 9.07 Å². The number of benzene rings is 2. The average Bonchev–Trinajstić information content (AvgIpc) is 3.29. The fraction of sp³-hybridized carbons (Fsp3) is 0.292. The third-order valence-electron chi connectivity index (χ3n) is 5.54. The monoisotopic (exact) mass is 451 g/mol. The molecule has 1 fully saturated rings. The van der Waals surface area contributed by atoms with Gasteiger partial charge in [-0.1, -0.05) is 18.2 Å². The molecule has 0 radical (unpaired) electrons. The first-order chi connectivity index (χ1) is 16.0. The first kappa shape index (κ1) is 22.5. The van der Waals surface area contributed by atoms with Crippen molar-refractivity contribution in [2.45, 2.75) is 25.6 Å². The fourth-order valence-corrected chi connectivity index (χ4v) is 3.84. The van der Waals surface area contributed by atoms with E-state index in [1.165, 1.54) is 12.1 Å². The smallest absolute Gasteiger partial charge is 0.237 e. The number of ether oxygens (including phenoxy) is 1. The Hall–Kier alpha value is -3.72. The van der Waals surface area contributed by atoms with Crippen LogP contribution >= 0.6 is 0 Å². The predicted octanol–water partition coefficient (Wildman–Crippen LogP) is 2.03. The predicted molar refractivity (Wildman–Crippen MR) is 120 cm³/mol. The number of nitrogens with zero attached hydrogens (tertiary/aromatic N) is 3. The van der Waals surface area contributed by atoms with E-state index >= 15 is 0 Å². The van der Waals surface area contributed by atoms with E-state index in [-0.39, 0.29) is 24.1 Å². The van der Waals surface area contributed by atoms with Crippen LogP contribution in [-0.4, -0.2) is 52.7 Å². The van der Waals surface area contributed by atoms with Gasteiger partial charge in [0.1, 0.15) is 11.6 Å². The minimum absolute atomic E-state index is 0.0190. The second-order valence-corrected chi connectivity index (χ2v) is 7.88. The maximum atomic E-state index is 13.5. The fourth-order valence-electron chi connectivity index (χ4n) is 3.84. The lowest BCUT2D eigenvalue weighted by Crippen LogP contribution is -2.56. The second kappa shape index (κ2) is 10.3. The molecule has 33 heavy (non-hydrogen) atoms. The number of hydrogen-bond donors (Lipinski definition) is 2. The van der Waals surface area contributed by atoms with E-state index in [0.717, 1.165) is 22.6 Å². The third kappa shape index (κ3) is 5.75. The van der Waals surface area contributed by atoms with E-state index in [0.29, 0.717) is 26.2 Å². The number of rotatable bonds is 8. The zero-order valence-electron chi connectivity index (χ0n) is 18.3. The minimum Gasteiger partial charge on any atom is -0.497 e. The molecule has 2 aromatic carbocycles. The summed E-state index contributed by atoms with van der Waals surface area (Å²) in [6.45, 7) is 1.78. The van der Waals surface area contributed by atoms with Crippen LogP contribution in [0.2, 0.25) is 0 Å². The topological polar surface area (TPSA) is 88.5 Å². The van der Waals surface area contributed by atoms with Crippen molar-refractivity contribution in [1.82, 2.24) is 25.3 Å². The van der Waals surface area contributed by atoms with Gasteiger partial charge in [0.05, 0.1) is 31.5 Å². The van der Waals surface area contributed by atoms with Crippen LogP contribution < -0.4 is 15.4 Å². The summed E-state index contributed by atoms with van der Waals surface area (Å²) in [5.74, 6) is -0.0294. The van der Waals surface area contributed by atoms with Crippen LogP contribution in [0.15, 0.2) is 60.9 Å². The highest BCUT2D eigenvalue weighted by molar-refractivity contribution is 5.88. The molecule has 4 rings (SSSR count). The molecule has 1 aliphatic heterocycles. The Kier molecular flexibility index (Phi) is 6.99. The summed E-state index contributed by atoms with van der Waals surface area (Å²) in [5.41, 5.74) is 2.44. The zero-order chi connectivity index (χ0) is 23.2. The number of nitrogens with one attached hydrogen (secondary N) is 2. The number of amides is 2. The van der Waals surface area contributed by atoms with Crippen LogP contribution in [-0.2, 0) is 22.7 Å². The van der Waals surface area contributed by atoms with E-state index in [9.17, 15) is 14.0 Å². The van der Waals surface area contributed by atoms with Gasteiger partial charge in [-0.15, -0.1) is 0 Å². The molecule has 0 saturated carbocycles. The highest BCUT2D eigenvalue weighted by Gasteiger charge is 2.31. The summed E-state index contributed by atoms with van der Waals surface area (Å²) >= 11 is 0. The van der Waals surface area contributed by atoms with Crippen LogP contribution in [0.1, 0.15) is 17.5 Å². The highest BCUT2D eigenvalue weighted by atomic mass is 19.1. The van der Waals surface area contributed by atoms with Crippen molar-refractivity contribution in [2.24, 2.45) is 0 Å². The Balaban J connectivity index is 1.35. The van der Waals surface area contributed by atoms with E-state index in [2.05, 4.69) is 15.7 Å². The molecule has 172 valence electrons. The molecule has 0 bridgehead atoms. The standard InChI is InChI=1S/C24H26FN5O3/c1-33-21-7-3-6-20(11-21)30-16-18(14-28-30)13-27-23(31)12-22-24(32)26-8-9-29(22)15-17-4-2-5-19(25)10-17/h2-7,10-11,14,16,22H,8-9,12-13,15H2,1H3,(H,26,32)(H,27,31). The van der Waals surface area contributed by atoms with Crippen molar-refractivity contribution in [3.8, 4) is 11.4 Å². The van der Waals surface area contributed by atoms with Gasteiger partial charge in [0.2, 0.25) is 11.8 Å². The largest absolute Gasteiger partial charge is 0.497 e. The Labute approximate surface area is 191 Å². The van der Waals surface area contributed by atoms with Crippen molar-refractivity contribution in [1.29, 1.82) is 0 Å². The average molecular weight is 452 g/mol. The van der Waals surface area contributed by atoms with Crippen LogP contribution in [0, 0.1) is 5.82 Å². The summed E-state index contributed by atoms with van der Waals surface area (Å²) in [6, 6.07) is 13.2. The summed E-state index contributed by atoms with van der Waals surface area (Å²) in [7, 11) is 1.61. The van der Waals surface area contributed by atoms with Crippen molar-refractivity contribution in [3.05, 3.63) is 77.9 Å². The van der Waals surface area contributed by atoms with Crippen LogP contribution in [0.25, 0.3) is 5.69 Å². The van der Waals surface area contributed by atoms with E-state index in [4.69, 9.17) is 4.74 Å². The van der Waals surface area contributed by atoms with Gasteiger partial charge < -0.3 is 15.4 Å². The number of methoxy groups -OCH3 is 1. The van der Waals surface area contributed by atoms with Crippen LogP contribution in [0.3, 0.4) is 0 Å². The van der Waals surface area contributed by atoms with E-state index in [1.54, 1.807) is 24.1 Å². The molecule has 9 heteroatoms. The number of hydrogen-bond acceptors (Lipinski definition) is 5. The molecule has 1 aromatic heterocycles. The summed E-state index contributed by atoms with van der Waals surface area (Å²) in [6.07, 6.45) is 3.53. The molecule has 2 N–H and O–H groups in total. The summed E-state index contributed by atoms with van der Waals surface area (Å²) < 4.78 is 20.5. The highest BCUT2D eigenvalue weighted by Crippen LogP contribution is 2.17. The first-order valence-corrected chi connectivity index (χ1v) is 10.7. The maximum absolute atomic E-state index is 13.5. The Bertz CT molecular complexity index is 1130. The maximum Gasteiger partial charge on any atom is 0.237 e. The van der Waals surface area contributed by atoms with E-state index < -0.39 is 6.04 Å². The lowest BCUT2D eigenvalue weighted by molar-refractivity contribution is -0.134. The molecule has 2 heterocycles. The molecule has 1 saturated heterocycles. The van der Waals surface area contributed by atoms with Crippen molar-refractivity contribution < 1.29 is 18.7 Å². The number of aromatic nitrogens is 2. The van der Waals surface area contributed by atoms with Gasteiger partial charge in [-0.3, -0.25) is 14.5 Å². The van der Waals surface area contributed by atoms with Gasteiger partial charge in [-0.05, 0) is 29.8 Å². The molecule has 8 nitrogen and oxygen atoms in total. The molecule has 1 unspecified atom stereocenters. The molecular weight excluding hydrogens is 425 g/mol. The second-order valence-electron chi connectivity index (χ2n) is 7.88. The zero-order valence-corrected chi connectivity index (χ0v) is 18.3. The molecule has 2 amide bonds. The molecule has 0 spiro atoms. The van der Waals surface area contributed by atoms with Gasteiger partial charge in [0.15, 0.2) is 0 Å². The van der Waals surface area contributed by atoms with Crippen LogP contribution in [0.5, 0.6) is 5.75 Å². The number of piperazine rings is 1. The first-order valence-electron chi connectivity index (χ1n) is 10.7. The van der Waals surface area contributed by atoms with Crippen molar-refractivity contribution in [2.75, 3.05) is 20.2 Å². The third-order valence-corrected chi connectivity index (χ3v) is 5.54. The molecule has 0 aliphatic carbocycles. The van der Waals surface area contributed by atoms with Crippen LogP contribution in [0.4, 0.5) is 4.39 Å². The number of halogens is 1. The molecule has 3 aromatic rings. The van der Waals surface area contributed by atoms with Gasteiger partial charge in [0.25, 0.3) is 0 Å². The van der Waals surface area contributed by atoms with Gasteiger partial charge in [0, 0.05) is 44.0 Å². The quantitative estimate of drug-likeness (QED) is 0.547. The summed E-state index contributed by atoms with van der Waals surface area (Å²) in [4.78, 5) is 27.0. The SMILES string of the molecule is COc1cccc(-n2cc(CNC(=O)CC3C(=O)NCCN3Cc3cccc(F)c3)cn2)c1. The number of carbonyl (C=O) groups is 2. The van der Waals surface area contributed by atoms with Crippen molar-refractivity contribution in [3.63, 3.8) is 0 Å². The van der Waals surface area contributed by atoms with Crippen molar-refractivity contribution >= 4 is 11.8 Å². The van der Waals surface area contributed by atoms with E-state index in [1.807, 2.05) is 41.4 Å². The molecular formula is C24H26FN5O3. The Morgan fingerprint density at radius 1 is 1.24 bits per heavy atom. The summed E-state index contributed by atoms with van der Waals surface area (Å²) in [5, 5.41) is 10.0. The molecule has 1 aliphatic rings. The van der Waals surface area contributed by atoms with Gasteiger partial charge >= 0.3 is 0 Å². The lowest BCUT2D eigenvalue weighted by Gasteiger charge is -2.34. The minimum atomic E-state index is -0.610. The Morgan fingerprint density at radius 3 is 2.91 bits per heavy atom. The van der Waals surface area contributed by atoms with Gasteiger partial charge in [-0.2, -0.15) is 5.10 Å². The Morgan fingerprint density at radius 2 is 2.09 bits per heavy atom.